The first-order chi connectivity index (χ1) is 15.1. The second kappa shape index (κ2) is 9.82. The van der Waals surface area contributed by atoms with Gasteiger partial charge in [0.2, 0.25) is 5.91 Å². The number of nitrogens with zero attached hydrogens (tertiary/aromatic N) is 2. The van der Waals surface area contributed by atoms with Crippen molar-refractivity contribution >= 4 is 11.6 Å². The quantitative estimate of drug-likeness (QED) is 0.644. The lowest BCUT2D eigenvalue weighted by molar-refractivity contribution is -0.129. The lowest BCUT2D eigenvalue weighted by Gasteiger charge is -2.40. The highest BCUT2D eigenvalue weighted by Crippen LogP contribution is 2.44. The molecule has 0 atom stereocenters. The molecule has 1 aliphatic carbocycles. The van der Waals surface area contributed by atoms with Crippen molar-refractivity contribution in [2.24, 2.45) is 0 Å². The topological polar surface area (TPSA) is 35.6 Å². The molecule has 166 valence electrons. The predicted molar refractivity (Wildman–Crippen MR) is 124 cm³/mol. The molecule has 5 heteroatoms. The monoisotopic (exact) mass is 423 g/mol. The van der Waals surface area contributed by atoms with Crippen LogP contribution in [0, 0.1) is 12.7 Å². The van der Waals surface area contributed by atoms with E-state index in [1.165, 1.54) is 23.4 Å². The number of carbonyl (C=O) groups is 1. The SMILES string of the molecule is Cc1cccc(N2CCN(CCCCNC(=O)C3(c4cccc(F)c4)CCC3)CC2)c1. The van der Waals surface area contributed by atoms with Gasteiger partial charge in [0, 0.05) is 38.4 Å². The lowest BCUT2D eigenvalue weighted by atomic mass is 9.64. The molecule has 0 aromatic heterocycles. The molecule has 1 heterocycles. The van der Waals surface area contributed by atoms with Crippen LogP contribution in [0.1, 0.15) is 43.2 Å². The summed E-state index contributed by atoms with van der Waals surface area (Å²) in [7, 11) is 0. The van der Waals surface area contributed by atoms with E-state index < -0.39 is 5.41 Å². The Morgan fingerprint density at radius 1 is 1.03 bits per heavy atom. The van der Waals surface area contributed by atoms with Crippen molar-refractivity contribution in [3.8, 4) is 0 Å². The van der Waals surface area contributed by atoms with Crippen LogP contribution in [-0.2, 0) is 10.2 Å². The molecule has 1 amide bonds. The van der Waals surface area contributed by atoms with Crippen LogP contribution in [-0.4, -0.2) is 50.1 Å². The van der Waals surface area contributed by atoms with E-state index in [4.69, 9.17) is 0 Å². The zero-order chi connectivity index (χ0) is 21.7. The third kappa shape index (κ3) is 5.09. The van der Waals surface area contributed by atoms with Gasteiger partial charge in [-0.2, -0.15) is 0 Å². The number of benzene rings is 2. The van der Waals surface area contributed by atoms with Crippen LogP contribution in [0.2, 0.25) is 0 Å². The fraction of sp³-hybridized carbons (Fsp3) is 0.500. The molecule has 2 fully saturated rings. The number of hydrogen-bond donors (Lipinski definition) is 1. The highest BCUT2D eigenvalue weighted by Gasteiger charge is 2.45. The second-order valence-corrected chi connectivity index (χ2v) is 9.08. The lowest BCUT2D eigenvalue weighted by Crippen LogP contribution is -2.49. The summed E-state index contributed by atoms with van der Waals surface area (Å²) in [5, 5.41) is 3.13. The van der Waals surface area contributed by atoms with Crippen molar-refractivity contribution in [3.05, 3.63) is 65.5 Å². The molecule has 0 spiro atoms. The van der Waals surface area contributed by atoms with Crippen molar-refractivity contribution in [2.75, 3.05) is 44.2 Å². The van der Waals surface area contributed by atoms with Gasteiger partial charge < -0.3 is 10.2 Å². The van der Waals surface area contributed by atoms with E-state index in [2.05, 4.69) is 46.3 Å². The average molecular weight is 424 g/mol. The first kappa shape index (κ1) is 21.8. The number of carbonyl (C=O) groups excluding carboxylic acids is 1. The van der Waals surface area contributed by atoms with Crippen molar-refractivity contribution in [3.63, 3.8) is 0 Å². The number of amides is 1. The number of hydrogen-bond acceptors (Lipinski definition) is 3. The molecule has 4 rings (SSSR count). The number of anilines is 1. The fourth-order valence-electron chi connectivity index (χ4n) is 4.85. The molecular formula is C26H34FN3O. The number of nitrogens with one attached hydrogen (secondary N) is 1. The van der Waals surface area contributed by atoms with Crippen LogP contribution < -0.4 is 10.2 Å². The van der Waals surface area contributed by atoms with Crippen LogP contribution >= 0.6 is 0 Å². The number of piperazine rings is 1. The van der Waals surface area contributed by atoms with E-state index in [-0.39, 0.29) is 11.7 Å². The summed E-state index contributed by atoms with van der Waals surface area (Å²) in [4.78, 5) is 17.9. The Kier molecular flexibility index (Phi) is 6.91. The molecule has 1 N–H and O–H groups in total. The Hall–Kier alpha value is -2.40. The minimum Gasteiger partial charge on any atom is -0.369 e. The Labute approximate surface area is 185 Å². The Morgan fingerprint density at radius 3 is 2.48 bits per heavy atom. The first-order valence-corrected chi connectivity index (χ1v) is 11.7. The average Bonchev–Trinajstić information content (AvgIpc) is 2.73. The predicted octanol–water partition coefficient (Wildman–Crippen LogP) is 4.27. The molecule has 2 aromatic rings. The van der Waals surface area contributed by atoms with Gasteiger partial charge in [0.25, 0.3) is 0 Å². The summed E-state index contributed by atoms with van der Waals surface area (Å²) in [6, 6.07) is 15.3. The summed E-state index contributed by atoms with van der Waals surface area (Å²) >= 11 is 0. The molecule has 0 radical (unpaired) electrons. The maximum Gasteiger partial charge on any atom is 0.230 e. The Morgan fingerprint density at radius 2 is 1.81 bits per heavy atom. The van der Waals surface area contributed by atoms with Crippen LogP contribution in [0.25, 0.3) is 0 Å². The maximum atomic E-state index is 13.6. The van der Waals surface area contributed by atoms with E-state index in [9.17, 15) is 9.18 Å². The zero-order valence-corrected chi connectivity index (χ0v) is 18.6. The maximum absolute atomic E-state index is 13.6. The Bertz CT molecular complexity index is 888. The molecule has 0 unspecified atom stereocenters. The van der Waals surface area contributed by atoms with Crippen LogP contribution in [0.15, 0.2) is 48.5 Å². The summed E-state index contributed by atoms with van der Waals surface area (Å²) < 4.78 is 13.6. The molecule has 1 aliphatic heterocycles. The van der Waals surface area contributed by atoms with Crippen LogP contribution in [0.3, 0.4) is 0 Å². The molecule has 1 saturated heterocycles. The smallest absolute Gasteiger partial charge is 0.230 e. The van der Waals surface area contributed by atoms with Gasteiger partial charge in [-0.05, 0) is 74.5 Å². The standard InChI is InChI=1S/C26H34FN3O/c1-21-7-4-10-24(19-21)30-17-15-29(16-18-30)14-3-2-13-28-25(31)26(11-6-12-26)22-8-5-9-23(27)20-22/h4-5,7-10,19-20H,2-3,6,11-18H2,1H3,(H,28,31). The third-order valence-corrected chi connectivity index (χ3v) is 6.94. The molecule has 2 aliphatic rings. The minimum atomic E-state index is -0.520. The molecule has 4 nitrogen and oxygen atoms in total. The Balaban J connectivity index is 1.16. The van der Waals surface area contributed by atoms with Gasteiger partial charge in [0.15, 0.2) is 0 Å². The number of halogens is 1. The fourth-order valence-corrected chi connectivity index (χ4v) is 4.85. The van der Waals surface area contributed by atoms with E-state index in [1.807, 2.05) is 6.07 Å². The summed E-state index contributed by atoms with van der Waals surface area (Å²) in [5.41, 5.74) is 2.94. The normalized spacial score (nSPS) is 18.5. The largest absolute Gasteiger partial charge is 0.369 e. The molecular weight excluding hydrogens is 389 g/mol. The van der Waals surface area contributed by atoms with Gasteiger partial charge in [0.1, 0.15) is 5.82 Å². The van der Waals surface area contributed by atoms with Crippen molar-refractivity contribution in [2.45, 2.75) is 44.4 Å². The first-order valence-electron chi connectivity index (χ1n) is 11.7. The van der Waals surface area contributed by atoms with Gasteiger partial charge >= 0.3 is 0 Å². The van der Waals surface area contributed by atoms with Crippen LogP contribution in [0.4, 0.5) is 10.1 Å². The number of unbranched alkanes of at least 4 members (excludes halogenated alkanes) is 1. The molecule has 0 bridgehead atoms. The van der Waals surface area contributed by atoms with Crippen molar-refractivity contribution < 1.29 is 9.18 Å². The number of aryl methyl sites for hydroxylation is 1. The second-order valence-electron chi connectivity index (χ2n) is 9.08. The number of rotatable bonds is 8. The summed E-state index contributed by atoms with van der Waals surface area (Å²) in [5.74, 6) is -0.199. The van der Waals surface area contributed by atoms with Crippen molar-refractivity contribution in [1.29, 1.82) is 0 Å². The summed E-state index contributed by atoms with van der Waals surface area (Å²) in [6.07, 6.45) is 4.71. The van der Waals surface area contributed by atoms with Gasteiger partial charge in [-0.1, -0.05) is 30.7 Å². The molecule has 1 saturated carbocycles. The van der Waals surface area contributed by atoms with Gasteiger partial charge in [-0.3, -0.25) is 9.69 Å². The van der Waals surface area contributed by atoms with Crippen LogP contribution in [0.5, 0.6) is 0 Å². The third-order valence-electron chi connectivity index (χ3n) is 6.94. The van der Waals surface area contributed by atoms with Gasteiger partial charge in [0.05, 0.1) is 5.41 Å². The highest BCUT2D eigenvalue weighted by atomic mass is 19.1. The zero-order valence-electron chi connectivity index (χ0n) is 18.6. The van der Waals surface area contributed by atoms with Crippen molar-refractivity contribution in [1.82, 2.24) is 10.2 Å². The van der Waals surface area contributed by atoms with E-state index in [0.717, 1.165) is 70.4 Å². The van der Waals surface area contributed by atoms with Gasteiger partial charge in [-0.25, -0.2) is 4.39 Å². The molecule has 31 heavy (non-hydrogen) atoms. The summed E-state index contributed by atoms with van der Waals surface area (Å²) in [6.45, 7) is 8.22. The van der Waals surface area contributed by atoms with E-state index in [0.29, 0.717) is 6.54 Å². The molecule has 2 aromatic carbocycles. The van der Waals surface area contributed by atoms with E-state index in [1.54, 1.807) is 6.07 Å². The minimum absolute atomic E-state index is 0.0659. The van der Waals surface area contributed by atoms with Gasteiger partial charge in [-0.15, -0.1) is 0 Å². The van der Waals surface area contributed by atoms with E-state index >= 15 is 0 Å². The highest BCUT2D eigenvalue weighted by molar-refractivity contribution is 5.89.